The molecule has 0 aliphatic rings. The number of halogens is 3. The Bertz CT molecular complexity index is 575. The van der Waals surface area contributed by atoms with Gasteiger partial charge in [-0.1, -0.05) is 46.3 Å². The standard InChI is InChI=1S/C16H16BrF2NO/c1-11(12-6-8-14(17)9-7-12)20-10-13-4-2-3-5-15(13)21-16(18)19/h2-9,11,16,20H,10H2,1H3/t11-/m0/s1. The van der Waals surface area contributed by atoms with Crippen LogP contribution < -0.4 is 10.1 Å². The molecule has 112 valence electrons. The number of ether oxygens (including phenoxy) is 1. The molecule has 0 saturated carbocycles. The molecule has 0 fully saturated rings. The zero-order valence-electron chi connectivity index (χ0n) is 11.5. The molecule has 0 unspecified atom stereocenters. The Morgan fingerprint density at radius 1 is 1.10 bits per heavy atom. The lowest BCUT2D eigenvalue weighted by atomic mass is 10.1. The molecular weight excluding hydrogens is 340 g/mol. The minimum absolute atomic E-state index is 0.109. The van der Waals surface area contributed by atoms with Crippen LogP contribution in [0.5, 0.6) is 5.75 Å². The van der Waals surface area contributed by atoms with Crippen molar-refractivity contribution in [3.8, 4) is 5.75 Å². The second-order valence-corrected chi connectivity index (χ2v) is 5.56. The first-order chi connectivity index (χ1) is 10.1. The molecule has 0 aliphatic carbocycles. The van der Waals surface area contributed by atoms with Crippen LogP contribution >= 0.6 is 15.9 Å². The monoisotopic (exact) mass is 355 g/mol. The topological polar surface area (TPSA) is 21.3 Å². The van der Waals surface area contributed by atoms with Crippen molar-refractivity contribution in [3.05, 3.63) is 64.1 Å². The number of hydrogen-bond donors (Lipinski definition) is 1. The van der Waals surface area contributed by atoms with E-state index in [4.69, 9.17) is 0 Å². The molecule has 21 heavy (non-hydrogen) atoms. The zero-order valence-corrected chi connectivity index (χ0v) is 13.1. The molecule has 0 aromatic heterocycles. The number of alkyl halides is 2. The molecule has 5 heteroatoms. The minimum Gasteiger partial charge on any atom is -0.434 e. The van der Waals surface area contributed by atoms with Gasteiger partial charge in [0.1, 0.15) is 5.75 Å². The predicted molar refractivity (Wildman–Crippen MR) is 82.5 cm³/mol. The van der Waals surface area contributed by atoms with Crippen LogP contribution in [0.4, 0.5) is 8.78 Å². The van der Waals surface area contributed by atoms with E-state index in [2.05, 4.69) is 26.0 Å². The second-order valence-electron chi connectivity index (χ2n) is 4.64. The first-order valence-corrected chi connectivity index (χ1v) is 7.37. The molecule has 0 aliphatic heterocycles. The fourth-order valence-electron chi connectivity index (χ4n) is 1.99. The summed E-state index contributed by atoms with van der Waals surface area (Å²) >= 11 is 3.39. The Kier molecular flexibility index (Phi) is 5.70. The molecule has 0 heterocycles. The lowest BCUT2D eigenvalue weighted by Gasteiger charge is -2.16. The Balaban J connectivity index is 2.01. The van der Waals surface area contributed by atoms with Crippen molar-refractivity contribution >= 4 is 15.9 Å². The largest absolute Gasteiger partial charge is 0.434 e. The van der Waals surface area contributed by atoms with Crippen LogP contribution in [0.25, 0.3) is 0 Å². The van der Waals surface area contributed by atoms with Gasteiger partial charge in [0.2, 0.25) is 0 Å². The van der Waals surface area contributed by atoms with E-state index in [0.717, 1.165) is 10.0 Å². The van der Waals surface area contributed by atoms with Gasteiger partial charge in [0.25, 0.3) is 0 Å². The van der Waals surface area contributed by atoms with Crippen LogP contribution in [0.2, 0.25) is 0 Å². The van der Waals surface area contributed by atoms with E-state index in [-0.39, 0.29) is 11.8 Å². The molecule has 0 spiro atoms. The van der Waals surface area contributed by atoms with Crippen molar-refractivity contribution in [1.29, 1.82) is 0 Å². The van der Waals surface area contributed by atoms with Crippen molar-refractivity contribution < 1.29 is 13.5 Å². The van der Waals surface area contributed by atoms with Gasteiger partial charge in [-0.15, -0.1) is 0 Å². The average molecular weight is 356 g/mol. The van der Waals surface area contributed by atoms with Gasteiger partial charge in [0.05, 0.1) is 0 Å². The fraction of sp³-hybridized carbons (Fsp3) is 0.250. The average Bonchev–Trinajstić information content (AvgIpc) is 2.46. The molecule has 2 rings (SSSR count). The predicted octanol–water partition coefficient (Wildman–Crippen LogP) is 4.90. The van der Waals surface area contributed by atoms with Crippen LogP contribution in [0.3, 0.4) is 0 Å². The van der Waals surface area contributed by atoms with E-state index < -0.39 is 6.61 Å². The van der Waals surface area contributed by atoms with Crippen molar-refractivity contribution in [1.82, 2.24) is 5.32 Å². The summed E-state index contributed by atoms with van der Waals surface area (Å²) in [7, 11) is 0. The highest BCUT2D eigenvalue weighted by Crippen LogP contribution is 2.22. The molecule has 0 amide bonds. The van der Waals surface area contributed by atoms with Crippen LogP contribution in [0.15, 0.2) is 53.0 Å². The number of rotatable bonds is 6. The normalized spacial score (nSPS) is 12.4. The van der Waals surface area contributed by atoms with E-state index >= 15 is 0 Å². The van der Waals surface area contributed by atoms with Gasteiger partial charge in [-0.25, -0.2) is 0 Å². The first kappa shape index (κ1) is 15.9. The summed E-state index contributed by atoms with van der Waals surface area (Å²) in [6, 6.07) is 14.9. The molecular formula is C16H16BrF2NO. The molecule has 0 saturated heterocycles. The maximum Gasteiger partial charge on any atom is 0.387 e. The summed E-state index contributed by atoms with van der Waals surface area (Å²) in [4.78, 5) is 0. The van der Waals surface area contributed by atoms with Crippen LogP contribution in [0.1, 0.15) is 24.1 Å². The molecule has 1 atom stereocenters. The van der Waals surface area contributed by atoms with E-state index in [1.807, 2.05) is 31.2 Å². The lowest BCUT2D eigenvalue weighted by molar-refractivity contribution is -0.0505. The van der Waals surface area contributed by atoms with Crippen LogP contribution in [0, 0.1) is 0 Å². The second kappa shape index (κ2) is 7.52. The maximum absolute atomic E-state index is 12.4. The van der Waals surface area contributed by atoms with E-state index in [1.54, 1.807) is 24.3 Å². The highest BCUT2D eigenvalue weighted by Gasteiger charge is 2.10. The summed E-state index contributed by atoms with van der Waals surface area (Å²) in [6.45, 7) is -0.324. The summed E-state index contributed by atoms with van der Waals surface area (Å²) in [5.41, 5.74) is 1.84. The molecule has 2 aromatic carbocycles. The number of hydrogen-bond acceptors (Lipinski definition) is 2. The highest BCUT2D eigenvalue weighted by molar-refractivity contribution is 9.10. The Labute approximate surface area is 131 Å². The lowest BCUT2D eigenvalue weighted by Crippen LogP contribution is -2.19. The summed E-state index contributed by atoms with van der Waals surface area (Å²) in [5.74, 6) is 0.211. The van der Waals surface area contributed by atoms with Gasteiger partial charge in [-0.05, 0) is 30.7 Å². The van der Waals surface area contributed by atoms with Crippen molar-refractivity contribution in [2.24, 2.45) is 0 Å². The quantitative estimate of drug-likeness (QED) is 0.795. The number of nitrogens with one attached hydrogen (secondary N) is 1. The highest BCUT2D eigenvalue weighted by atomic mass is 79.9. The minimum atomic E-state index is -2.81. The Morgan fingerprint density at radius 3 is 2.43 bits per heavy atom. The number of para-hydroxylation sites is 1. The van der Waals surface area contributed by atoms with E-state index in [9.17, 15) is 8.78 Å². The molecule has 2 aromatic rings. The fourth-order valence-corrected chi connectivity index (χ4v) is 2.26. The molecule has 2 nitrogen and oxygen atoms in total. The van der Waals surface area contributed by atoms with Gasteiger partial charge in [0.15, 0.2) is 0 Å². The summed E-state index contributed by atoms with van der Waals surface area (Å²) in [6.07, 6.45) is 0. The van der Waals surface area contributed by atoms with Gasteiger partial charge < -0.3 is 10.1 Å². The third kappa shape index (κ3) is 4.79. The first-order valence-electron chi connectivity index (χ1n) is 6.58. The van der Waals surface area contributed by atoms with E-state index in [1.165, 1.54) is 0 Å². The van der Waals surface area contributed by atoms with Crippen molar-refractivity contribution in [2.45, 2.75) is 26.1 Å². The molecule has 1 N–H and O–H groups in total. The van der Waals surface area contributed by atoms with Crippen molar-refractivity contribution in [3.63, 3.8) is 0 Å². The van der Waals surface area contributed by atoms with Gasteiger partial charge in [-0.3, -0.25) is 0 Å². The summed E-state index contributed by atoms with van der Waals surface area (Å²) in [5, 5.41) is 3.31. The van der Waals surface area contributed by atoms with Gasteiger partial charge >= 0.3 is 6.61 Å². The van der Waals surface area contributed by atoms with Crippen LogP contribution in [-0.4, -0.2) is 6.61 Å². The van der Waals surface area contributed by atoms with Crippen LogP contribution in [-0.2, 0) is 6.54 Å². The maximum atomic E-state index is 12.4. The Morgan fingerprint density at radius 2 is 1.76 bits per heavy atom. The smallest absolute Gasteiger partial charge is 0.387 e. The number of benzene rings is 2. The third-order valence-electron chi connectivity index (χ3n) is 3.16. The van der Waals surface area contributed by atoms with Gasteiger partial charge in [-0.2, -0.15) is 8.78 Å². The van der Waals surface area contributed by atoms with E-state index in [0.29, 0.717) is 12.1 Å². The SMILES string of the molecule is C[C@H](NCc1ccccc1OC(F)F)c1ccc(Br)cc1. The summed E-state index contributed by atoms with van der Waals surface area (Å²) < 4.78 is 30.3. The molecule has 0 radical (unpaired) electrons. The third-order valence-corrected chi connectivity index (χ3v) is 3.69. The molecule has 0 bridgehead atoms. The van der Waals surface area contributed by atoms with Gasteiger partial charge in [0, 0.05) is 22.6 Å². The zero-order chi connectivity index (χ0) is 15.2. The Hall–Kier alpha value is -1.46. The van der Waals surface area contributed by atoms with Crippen molar-refractivity contribution in [2.75, 3.05) is 0 Å².